The van der Waals surface area contributed by atoms with E-state index in [1.807, 2.05) is 0 Å². The van der Waals surface area contributed by atoms with Crippen molar-refractivity contribution in [3.8, 4) is 5.75 Å². The Morgan fingerprint density at radius 1 is 1.29 bits per heavy atom. The lowest BCUT2D eigenvalue weighted by molar-refractivity contribution is -0.122. The van der Waals surface area contributed by atoms with Crippen LogP contribution in [0.15, 0.2) is 53.4 Å². The second-order valence-electron chi connectivity index (χ2n) is 5.88. The van der Waals surface area contributed by atoms with E-state index < -0.39 is 5.82 Å². The van der Waals surface area contributed by atoms with Gasteiger partial charge in [0.1, 0.15) is 15.9 Å². The molecule has 1 heterocycles. The lowest BCUT2D eigenvalue weighted by atomic mass is 10.2. The first-order valence-corrected chi connectivity index (χ1v) is 9.64. The summed E-state index contributed by atoms with van der Waals surface area (Å²) in [5.74, 6) is -0.355. The van der Waals surface area contributed by atoms with Crippen LogP contribution in [-0.2, 0) is 9.59 Å². The van der Waals surface area contributed by atoms with E-state index in [4.69, 9.17) is 17.0 Å². The molecule has 2 aromatic carbocycles. The van der Waals surface area contributed by atoms with Crippen LogP contribution < -0.4 is 10.1 Å². The molecule has 1 aliphatic rings. The number of thiocarbonyl (C=S) groups is 1. The van der Waals surface area contributed by atoms with E-state index in [0.717, 1.165) is 11.8 Å². The van der Waals surface area contributed by atoms with Gasteiger partial charge in [-0.1, -0.05) is 48.2 Å². The van der Waals surface area contributed by atoms with Crippen LogP contribution in [0.25, 0.3) is 6.08 Å². The highest BCUT2D eigenvalue weighted by Crippen LogP contribution is 2.33. The molecule has 0 atom stereocenters. The first-order valence-electron chi connectivity index (χ1n) is 8.42. The number of halogens is 1. The van der Waals surface area contributed by atoms with Crippen molar-refractivity contribution in [1.29, 1.82) is 0 Å². The Hall–Kier alpha value is -2.71. The predicted molar refractivity (Wildman–Crippen MR) is 113 cm³/mol. The van der Waals surface area contributed by atoms with Crippen molar-refractivity contribution < 1.29 is 18.7 Å². The molecule has 0 radical (unpaired) electrons. The average Bonchev–Trinajstić information content (AvgIpc) is 2.95. The summed E-state index contributed by atoms with van der Waals surface area (Å²) in [5.41, 5.74) is 0.924. The number of benzene rings is 2. The van der Waals surface area contributed by atoms with Crippen molar-refractivity contribution in [2.75, 3.05) is 19.0 Å². The third kappa shape index (κ3) is 4.76. The van der Waals surface area contributed by atoms with E-state index in [1.165, 1.54) is 17.0 Å². The number of anilines is 1. The number of carbonyl (C=O) groups excluding carboxylic acids is 2. The summed E-state index contributed by atoms with van der Waals surface area (Å²) in [6.07, 6.45) is 1.56. The minimum Gasteiger partial charge on any atom is -0.497 e. The number of thioether (sulfide) groups is 1. The van der Waals surface area contributed by atoms with E-state index in [0.29, 0.717) is 26.2 Å². The number of hydrogen-bond donors (Lipinski definition) is 1. The molecular weight excluding hydrogens is 399 g/mol. The topological polar surface area (TPSA) is 58.6 Å². The summed E-state index contributed by atoms with van der Waals surface area (Å²) in [7, 11) is 1.55. The maximum absolute atomic E-state index is 13.8. The Morgan fingerprint density at radius 2 is 2.07 bits per heavy atom. The highest BCUT2D eigenvalue weighted by atomic mass is 32.2. The third-order valence-corrected chi connectivity index (χ3v) is 5.36. The summed E-state index contributed by atoms with van der Waals surface area (Å²) >= 11 is 6.34. The molecule has 0 spiro atoms. The number of ether oxygens (including phenoxy) is 1. The number of nitrogens with one attached hydrogen (secondary N) is 1. The largest absolute Gasteiger partial charge is 0.497 e. The Kier molecular flexibility index (Phi) is 6.43. The van der Waals surface area contributed by atoms with Crippen molar-refractivity contribution in [3.63, 3.8) is 0 Å². The molecule has 0 unspecified atom stereocenters. The second kappa shape index (κ2) is 8.99. The first kappa shape index (κ1) is 20.0. The van der Waals surface area contributed by atoms with Crippen LogP contribution >= 0.6 is 24.0 Å². The second-order valence-corrected chi connectivity index (χ2v) is 7.56. The first-order chi connectivity index (χ1) is 13.5. The van der Waals surface area contributed by atoms with Gasteiger partial charge in [-0.15, -0.1) is 0 Å². The lowest BCUT2D eigenvalue weighted by Crippen LogP contribution is -2.31. The zero-order valence-electron chi connectivity index (χ0n) is 15.0. The Bertz CT molecular complexity index is 962. The van der Waals surface area contributed by atoms with Gasteiger partial charge in [0.25, 0.3) is 5.91 Å². The fourth-order valence-corrected chi connectivity index (χ4v) is 3.86. The zero-order chi connectivity index (χ0) is 20.1. The molecule has 2 aromatic rings. The van der Waals surface area contributed by atoms with Gasteiger partial charge < -0.3 is 10.1 Å². The maximum Gasteiger partial charge on any atom is 0.266 e. The van der Waals surface area contributed by atoms with Gasteiger partial charge in [0.15, 0.2) is 0 Å². The van der Waals surface area contributed by atoms with Gasteiger partial charge in [-0.25, -0.2) is 4.39 Å². The van der Waals surface area contributed by atoms with Crippen molar-refractivity contribution in [1.82, 2.24) is 4.90 Å². The number of rotatable bonds is 6. The molecule has 5 nitrogen and oxygen atoms in total. The van der Waals surface area contributed by atoms with Gasteiger partial charge in [0.2, 0.25) is 5.91 Å². The quantitative estimate of drug-likeness (QED) is 0.568. The number of amides is 2. The van der Waals surface area contributed by atoms with Crippen LogP contribution in [0, 0.1) is 5.82 Å². The summed E-state index contributed by atoms with van der Waals surface area (Å²) in [6, 6.07) is 13.2. The number of nitrogens with zero attached hydrogens (tertiary/aromatic N) is 1. The Balaban J connectivity index is 1.61. The summed E-state index contributed by atoms with van der Waals surface area (Å²) in [6.45, 7) is 0.148. The molecule has 1 fully saturated rings. The van der Waals surface area contributed by atoms with Crippen molar-refractivity contribution in [3.05, 3.63) is 64.8 Å². The highest BCUT2D eigenvalue weighted by molar-refractivity contribution is 8.26. The number of hydrogen-bond acceptors (Lipinski definition) is 5. The van der Waals surface area contributed by atoms with Crippen molar-refractivity contribution in [2.45, 2.75) is 6.42 Å². The van der Waals surface area contributed by atoms with Crippen LogP contribution in [0.1, 0.15) is 12.0 Å². The van der Waals surface area contributed by atoms with Crippen molar-refractivity contribution >= 4 is 51.9 Å². The van der Waals surface area contributed by atoms with Crippen LogP contribution in [0.5, 0.6) is 5.75 Å². The van der Waals surface area contributed by atoms with Crippen molar-refractivity contribution in [2.24, 2.45) is 0 Å². The van der Waals surface area contributed by atoms with Gasteiger partial charge in [-0.05, 0) is 24.3 Å². The molecule has 0 bridgehead atoms. The fraction of sp³-hybridized carbons (Fsp3) is 0.150. The Labute approximate surface area is 171 Å². The molecule has 1 saturated heterocycles. The van der Waals surface area contributed by atoms with E-state index in [1.54, 1.807) is 49.6 Å². The third-order valence-electron chi connectivity index (χ3n) is 3.98. The normalized spacial score (nSPS) is 15.2. The van der Waals surface area contributed by atoms with E-state index in [-0.39, 0.29) is 24.8 Å². The minimum absolute atomic E-state index is 0.0800. The minimum atomic E-state index is -0.412. The number of carbonyl (C=O) groups is 2. The Morgan fingerprint density at radius 3 is 2.82 bits per heavy atom. The van der Waals surface area contributed by atoms with Crippen LogP contribution in [0.4, 0.5) is 10.1 Å². The molecule has 1 aliphatic heterocycles. The summed E-state index contributed by atoms with van der Waals surface area (Å²) in [4.78, 5) is 26.5. The van der Waals surface area contributed by atoms with Gasteiger partial charge in [0, 0.05) is 30.3 Å². The van der Waals surface area contributed by atoms with Gasteiger partial charge in [0.05, 0.1) is 12.0 Å². The number of methoxy groups -OCH3 is 1. The fourth-order valence-electron chi connectivity index (χ4n) is 2.56. The average molecular weight is 416 g/mol. The molecule has 144 valence electrons. The zero-order valence-corrected chi connectivity index (χ0v) is 16.6. The van der Waals surface area contributed by atoms with Gasteiger partial charge in [-0.3, -0.25) is 14.5 Å². The standard InChI is InChI=1S/C20H17FN2O3S2/c1-26-15-7-4-6-14(12-15)22-18(24)9-10-23-19(25)17(28-20(23)27)11-13-5-2-3-8-16(13)21/h2-8,11-12H,9-10H2,1H3,(H,22,24). The summed E-state index contributed by atoms with van der Waals surface area (Å²) in [5, 5.41) is 2.76. The maximum atomic E-state index is 13.8. The van der Waals surface area contributed by atoms with Gasteiger partial charge >= 0.3 is 0 Å². The van der Waals surface area contributed by atoms with Crippen LogP contribution in [-0.4, -0.2) is 34.7 Å². The lowest BCUT2D eigenvalue weighted by Gasteiger charge is -2.14. The SMILES string of the molecule is COc1cccc(NC(=O)CCN2C(=O)C(=Cc3ccccc3F)SC2=S)c1. The van der Waals surface area contributed by atoms with Crippen LogP contribution in [0.2, 0.25) is 0 Å². The van der Waals surface area contributed by atoms with Gasteiger partial charge in [-0.2, -0.15) is 0 Å². The molecular formula is C20H17FN2O3S2. The molecule has 0 saturated carbocycles. The molecule has 3 rings (SSSR count). The molecule has 8 heteroatoms. The molecule has 28 heavy (non-hydrogen) atoms. The summed E-state index contributed by atoms with van der Waals surface area (Å²) < 4.78 is 19.3. The molecule has 0 aliphatic carbocycles. The van der Waals surface area contributed by atoms with E-state index >= 15 is 0 Å². The van der Waals surface area contributed by atoms with E-state index in [9.17, 15) is 14.0 Å². The molecule has 2 amide bonds. The van der Waals surface area contributed by atoms with Crippen LogP contribution in [0.3, 0.4) is 0 Å². The smallest absolute Gasteiger partial charge is 0.266 e. The predicted octanol–water partition coefficient (Wildman–Crippen LogP) is 4.06. The molecule has 0 aromatic heterocycles. The monoisotopic (exact) mass is 416 g/mol. The van der Waals surface area contributed by atoms with E-state index in [2.05, 4.69) is 5.32 Å². The highest BCUT2D eigenvalue weighted by Gasteiger charge is 2.32. The molecule has 1 N–H and O–H groups in total.